The summed E-state index contributed by atoms with van der Waals surface area (Å²) in [6.07, 6.45) is 7.13. The predicted molar refractivity (Wildman–Crippen MR) is 110 cm³/mol. The number of benzene rings is 1. The Balaban J connectivity index is 2.08. The average molecular weight is 410 g/mol. The molecule has 7 heteroatoms. The number of thiophene rings is 1. The summed E-state index contributed by atoms with van der Waals surface area (Å²) in [4.78, 5) is 11.8. The van der Waals surface area contributed by atoms with Gasteiger partial charge < -0.3 is 4.74 Å². The van der Waals surface area contributed by atoms with Crippen molar-refractivity contribution < 1.29 is 17.9 Å². The molecular formula is C20H27NO4S2. The molecular weight excluding hydrogens is 382 g/mol. The molecule has 0 radical (unpaired) electrons. The van der Waals surface area contributed by atoms with Gasteiger partial charge >= 0.3 is 5.97 Å². The van der Waals surface area contributed by atoms with Crippen molar-refractivity contribution in [2.24, 2.45) is 0 Å². The van der Waals surface area contributed by atoms with Crippen LogP contribution in [0.3, 0.4) is 0 Å². The van der Waals surface area contributed by atoms with E-state index in [1.54, 1.807) is 11.4 Å². The van der Waals surface area contributed by atoms with Crippen molar-refractivity contribution in [2.45, 2.75) is 57.3 Å². The Morgan fingerprint density at radius 3 is 2.56 bits per heavy atom. The monoisotopic (exact) mass is 409 g/mol. The number of rotatable bonds is 10. The van der Waals surface area contributed by atoms with Crippen LogP contribution >= 0.6 is 11.3 Å². The lowest BCUT2D eigenvalue weighted by molar-refractivity contribution is 0.0602. The van der Waals surface area contributed by atoms with E-state index in [1.165, 1.54) is 44.4 Å². The van der Waals surface area contributed by atoms with Crippen molar-refractivity contribution in [1.82, 2.24) is 0 Å². The molecule has 0 fully saturated rings. The second-order valence-corrected chi connectivity index (χ2v) is 9.08. The molecule has 1 heterocycles. The zero-order valence-electron chi connectivity index (χ0n) is 16.1. The third-order valence-corrected chi connectivity index (χ3v) is 6.88. The van der Waals surface area contributed by atoms with Gasteiger partial charge in [0, 0.05) is 5.69 Å². The molecule has 0 saturated heterocycles. The van der Waals surface area contributed by atoms with E-state index in [-0.39, 0.29) is 9.77 Å². The Bertz CT molecular complexity index is 872. The molecule has 0 unspecified atom stereocenters. The first-order chi connectivity index (χ1) is 12.9. The number of methoxy groups -OCH3 is 1. The molecule has 0 bridgehead atoms. The SMILES string of the molecule is CCCCCCCc1ccc(NS(=O)(=O)c2ccsc2C(=O)OC)cc1C. The quantitative estimate of drug-likeness (QED) is 0.435. The molecule has 0 aliphatic rings. The average Bonchev–Trinajstić information content (AvgIpc) is 3.13. The summed E-state index contributed by atoms with van der Waals surface area (Å²) in [7, 11) is -2.62. The number of unbranched alkanes of at least 4 members (excludes halogenated alkanes) is 4. The molecule has 148 valence electrons. The van der Waals surface area contributed by atoms with Crippen LogP contribution in [0, 0.1) is 6.92 Å². The third-order valence-electron chi connectivity index (χ3n) is 4.43. The summed E-state index contributed by atoms with van der Waals surface area (Å²) in [5.41, 5.74) is 2.79. The van der Waals surface area contributed by atoms with Gasteiger partial charge in [0.25, 0.3) is 10.0 Å². The molecule has 1 aromatic heterocycles. The molecule has 0 amide bonds. The van der Waals surface area contributed by atoms with Crippen LogP contribution in [0.5, 0.6) is 0 Å². The van der Waals surface area contributed by atoms with E-state index in [9.17, 15) is 13.2 Å². The molecule has 1 aromatic carbocycles. The lowest BCUT2D eigenvalue weighted by atomic mass is 10.0. The number of carbonyl (C=O) groups excluding carboxylic acids is 1. The van der Waals surface area contributed by atoms with Gasteiger partial charge in [-0.25, -0.2) is 13.2 Å². The molecule has 0 aliphatic heterocycles. The first kappa shape index (κ1) is 21.4. The largest absolute Gasteiger partial charge is 0.465 e. The molecule has 0 spiro atoms. The van der Waals surface area contributed by atoms with Crippen molar-refractivity contribution in [3.05, 3.63) is 45.6 Å². The van der Waals surface area contributed by atoms with Crippen molar-refractivity contribution >= 4 is 33.0 Å². The highest BCUT2D eigenvalue weighted by Gasteiger charge is 2.24. The number of carbonyl (C=O) groups is 1. The number of hydrogen-bond acceptors (Lipinski definition) is 5. The third kappa shape index (κ3) is 5.81. The lowest BCUT2D eigenvalue weighted by Gasteiger charge is -2.11. The van der Waals surface area contributed by atoms with Crippen LogP contribution in [0.4, 0.5) is 5.69 Å². The second-order valence-electron chi connectivity index (χ2n) is 6.52. The number of esters is 1. The van der Waals surface area contributed by atoms with Crippen LogP contribution in [0.25, 0.3) is 0 Å². The van der Waals surface area contributed by atoms with E-state index >= 15 is 0 Å². The zero-order valence-corrected chi connectivity index (χ0v) is 17.7. The highest BCUT2D eigenvalue weighted by atomic mass is 32.2. The molecule has 0 atom stereocenters. The summed E-state index contributed by atoms with van der Waals surface area (Å²) in [6.45, 7) is 4.19. The summed E-state index contributed by atoms with van der Waals surface area (Å²) >= 11 is 1.05. The van der Waals surface area contributed by atoms with Gasteiger partial charge in [0.1, 0.15) is 9.77 Å². The Kier molecular flexibility index (Phi) is 7.86. The summed E-state index contributed by atoms with van der Waals surface area (Å²) < 4.78 is 32.5. The normalized spacial score (nSPS) is 11.4. The highest BCUT2D eigenvalue weighted by Crippen LogP contribution is 2.26. The molecule has 2 aromatic rings. The number of hydrogen-bond donors (Lipinski definition) is 1. The minimum atomic E-state index is -3.85. The fourth-order valence-corrected chi connectivity index (χ4v) is 5.31. The lowest BCUT2D eigenvalue weighted by Crippen LogP contribution is -2.16. The van der Waals surface area contributed by atoms with Crippen LogP contribution in [-0.4, -0.2) is 21.5 Å². The highest BCUT2D eigenvalue weighted by molar-refractivity contribution is 7.93. The van der Waals surface area contributed by atoms with Crippen LogP contribution in [-0.2, 0) is 21.2 Å². The summed E-state index contributed by atoms with van der Waals surface area (Å²) in [5, 5.41) is 1.56. The van der Waals surface area contributed by atoms with Crippen LogP contribution in [0.15, 0.2) is 34.5 Å². The van der Waals surface area contributed by atoms with Gasteiger partial charge in [-0.15, -0.1) is 11.3 Å². The topological polar surface area (TPSA) is 72.5 Å². The molecule has 2 rings (SSSR count). The smallest absolute Gasteiger partial charge is 0.349 e. The zero-order chi connectivity index (χ0) is 19.9. The summed E-state index contributed by atoms with van der Waals surface area (Å²) in [6, 6.07) is 7.00. The Morgan fingerprint density at radius 2 is 1.89 bits per heavy atom. The molecule has 5 nitrogen and oxygen atoms in total. The van der Waals surface area contributed by atoms with Crippen molar-refractivity contribution in [1.29, 1.82) is 0 Å². The van der Waals surface area contributed by atoms with Crippen LogP contribution in [0.1, 0.15) is 59.8 Å². The van der Waals surface area contributed by atoms with Gasteiger partial charge in [-0.05, 0) is 54.5 Å². The number of aryl methyl sites for hydroxylation is 2. The maximum atomic E-state index is 12.7. The summed E-state index contributed by atoms with van der Waals surface area (Å²) in [5.74, 6) is -0.653. The van der Waals surface area contributed by atoms with Crippen LogP contribution in [0.2, 0.25) is 0 Å². The van der Waals surface area contributed by atoms with Gasteiger partial charge in [0.2, 0.25) is 0 Å². The molecule has 27 heavy (non-hydrogen) atoms. The predicted octanol–water partition coefficient (Wildman–Crippen LogP) is 5.16. The van der Waals surface area contributed by atoms with E-state index < -0.39 is 16.0 Å². The maximum Gasteiger partial charge on any atom is 0.349 e. The van der Waals surface area contributed by atoms with Gasteiger partial charge in [-0.1, -0.05) is 38.7 Å². The number of ether oxygens (including phenoxy) is 1. The first-order valence-electron chi connectivity index (χ1n) is 9.17. The maximum absolute atomic E-state index is 12.7. The minimum absolute atomic E-state index is 0.0583. The van der Waals surface area contributed by atoms with Gasteiger partial charge in [0.05, 0.1) is 7.11 Å². The second kappa shape index (κ2) is 9.90. The van der Waals surface area contributed by atoms with Gasteiger partial charge in [-0.2, -0.15) is 0 Å². The van der Waals surface area contributed by atoms with E-state index in [1.807, 2.05) is 19.1 Å². The number of anilines is 1. The number of sulfonamides is 1. The number of nitrogens with one attached hydrogen (secondary N) is 1. The van der Waals surface area contributed by atoms with Crippen LogP contribution < -0.4 is 4.72 Å². The molecule has 0 saturated carbocycles. The van der Waals surface area contributed by atoms with E-state index in [0.29, 0.717) is 5.69 Å². The Labute approximate surface area is 165 Å². The molecule has 0 aliphatic carbocycles. The molecule has 1 N–H and O–H groups in total. The van der Waals surface area contributed by atoms with Crippen molar-refractivity contribution in [3.8, 4) is 0 Å². The van der Waals surface area contributed by atoms with Gasteiger partial charge in [0.15, 0.2) is 0 Å². The van der Waals surface area contributed by atoms with E-state index in [4.69, 9.17) is 0 Å². The fourth-order valence-electron chi connectivity index (χ4n) is 2.92. The van der Waals surface area contributed by atoms with Gasteiger partial charge in [-0.3, -0.25) is 4.72 Å². The van der Waals surface area contributed by atoms with Crippen molar-refractivity contribution in [2.75, 3.05) is 11.8 Å². The fraction of sp³-hybridized carbons (Fsp3) is 0.450. The standard InChI is InChI=1S/C20H27NO4S2/c1-4-5-6-7-8-9-16-10-11-17(14-15(16)2)21-27(23,24)18-12-13-26-19(18)20(22)25-3/h10-14,21H,4-9H2,1-3H3. The van der Waals surface area contributed by atoms with E-state index in [0.717, 1.165) is 29.7 Å². The Morgan fingerprint density at radius 1 is 1.15 bits per heavy atom. The van der Waals surface area contributed by atoms with E-state index in [2.05, 4.69) is 16.4 Å². The van der Waals surface area contributed by atoms with Crippen molar-refractivity contribution in [3.63, 3.8) is 0 Å². The Hall–Kier alpha value is -1.86. The first-order valence-corrected chi connectivity index (χ1v) is 11.5. The minimum Gasteiger partial charge on any atom is -0.465 e.